The van der Waals surface area contributed by atoms with E-state index in [1.165, 1.54) is 38.6 Å². The van der Waals surface area contributed by atoms with E-state index in [9.17, 15) is 0 Å². The van der Waals surface area contributed by atoms with Crippen molar-refractivity contribution in [3.63, 3.8) is 0 Å². The third-order valence-electron chi connectivity index (χ3n) is 5.05. The normalized spacial score (nSPS) is 40.3. The lowest BCUT2D eigenvalue weighted by atomic mass is 9.68. The van der Waals surface area contributed by atoms with Gasteiger partial charge in [-0.25, -0.2) is 0 Å². The minimum Gasteiger partial charge on any atom is -0.329 e. The van der Waals surface area contributed by atoms with Crippen molar-refractivity contribution in [2.45, 2.75) is 51.5 Å². The van der Waals surface area contributed by atoms with E-state index in [0.717, 1.165) is 24.3 Å². The highest BCUT2D eigenvalue weighted by atomic mass is 15.2. The van der Waals surface area contributed by atoms with Gasteiger partial charge in [-0.15, -0.1) is 0 Å². The summed E-state index contributed by atoms with van der Waals surface area (Å²) in [6.45, 7) is 6.90. The maximum Gasteiger partial charge on any atom is 0.0356 e. The first-order valence-corrected chi connectivity index (χ1v) is 7.00. The molecule has 2 aliphatic carbocycles. The largest absolute Gasteiger partial charge is 0.329 e. The molecule has 94 valence electrons. The second-order valence-electron chi connectivity index (χ2n) is 6.42. The summed E-state index contributed by atoms with van der Waals surface area (Å²) >= 11 is 0. The van der Waals surface area contributed by atoms with Crippen molar-refractivity contribution in [2.75, 3.05) is 20.1 Å². The lowest BCUT2D eigenvalue weighted by molar-refractivity contribution is 0.0116. The minimum absolute atomic E-state index is 0.292. The summed E-state index contributed by atoms with van der Waals surface area (Å²) in [6.07, 6.45) is 6.92. The van der Waals surface area contributed by atoms with Gasteiger partial charge in [-0.3, -0.25) is 4.90 Å². The molecule has 3 unspecified atom stereocenters. The average molecular weight is 224 g/mol. The third-order valence-corrected chi connectivity index (χ3v) is 5.05. The molecule has 0 heterocycles. The lowest BCUT2D eigenvalue weighted by Crippen LogP contribution is -2.59. The second kappa shape index (κ2) is 4.66. The van der Waals surface area contributed by atoms with Crippen LogP contribution in [0.15, 0.2) is 0 Å². The van der Waals surface area contributed by atoms with Crippen molar-refractivity contribution in [2.24, 2.45) is 23.5 Å². The first-order chi connectivity index (χ1) is 7.58. The number of hydrogen-bond acceptors (Lipinski definition) is 2. The Balaban J connectivity index is 2.07. The zero-order valence-electron chi connectivity index (χ0n) is 11.2. The average Bonchev–Trinajstić information content (AvgIpc) is 3.05. The van der Waals surface area contributed by atoms with E-state index in [1.807, 2.05) is 0 Å². The molecule has 0 spiro atoms. The number of nitrogens with two attached hydrogens (primary N) is 1. The smallest absolute Gasteiger partial charge is 0.0356 e. The van der Waals surface area contributed by atoms with Gasteiger partial charge in [0.25, 0.3) is 0 Å². The van der Waals surface area contributed by atoms with Crippen LogP contribution in [0.2, 0.25) is 0 Å². The molecule has 0 aromatic heterocycles. The molecule has 2 aliphatic rings. The SMILES string of the molecule is CC1CCC(C)C(CN)(N(C)CC2CC2)C1. The predicted molar refractivity (Wildman–Crippen MR) is 69.3 cm³/mol. The number of likely N-dealkylation sites (N-methyl/N-ethyl adjacent to an activating group) is 1. The first kappa shape index (κ1) is 12.4. The molecule has 0 aromatic carbocycles. The molecule has 2 N–H and O–H groups in total. The van der Waals surface area contributed by atoms with Crippen LogP contribution in [0.5, 0.6) is 0 Å². The summed E-state index contributed by atoms with van der Waals surface area (Å²) in [6, 6.07) is 0. The van der Waals surface area contributed by atoms with Gasteiger partial charge in [0.1, 0.15) is 0 Å². The fourth-order valence-electron chi connectivity index (χ4n) is 3.55. The van der Waals surface area contributed by atoms with Crippen LogP contribution in [-0.4, -0.2) is 30.6 Å². The van der Waals surface area contributed by atoms with E-state index < -0.39 is 0 Å². The Hall–Kier alpha value is -0.0800. The van der Waals surface area contributed by atoms with Crippen molar-refractivity contribution in [3.05, 3.63) is 0 Å². The highest BCUT2D eigenvalue weighted by Gasteiger charge is 2.43. The van der Waals surface area contributed by atoms with Crippen LogP contribution in [0.25, 0.3) is 0 Å². The zero-order valence-corrected chi connectivity index (χ0v) is 11.2. The molecule has 0 radical (unpaired) electrons. The summed E-state index contributed by atoms with van der Waals surface area (Å²) in [5.41, 5.74) is 6.44. The third kappa shape index (κ3) is 2.28. The van der Waals surface area contributed by atoms with Gasteiger partial charge in [0.2, 0.25) is 0 Å². The molecule has 3 atom stereocenters. The second-order valence-corrected chi connectivity index (χ2v) is 6.42. The molecular weight excluding hydrogens is 196 g/mol. The lowest BCUT2D eigenvalue weighted by Gasteiger charge is -2.50. The number of hydrogen-bond donors (Lipinski definition) is 1. The Bertz CT molecular complexity index is 237. The molecule has 0 aromatic rings. The van der Waals surface area contributed by atoms with E-state index in [-0.39, 0.29) is 0 Å². The van der Waals surface area contributed by atoms with Gasteiger partial charge >= 0.3 is 0 Å². The Morgan fingerprint density at radius 2 is 1.88 bits per heavy atom. The Morgan fingerprint density at radius 3 is 2.44 bits per heavy atom. The summed E-state index contributed by atoms with van der Waals surface area (Å²) in [7, 11) is 2.31. The van der Waals surface area contributed by atoms with Crippen LogP contribution in [0.4, 0.5) is 0 Å². The number of nitrogens with zero attached hydrogens (tertiary/aromatic N) is 1. The van der Waals surface area contributed by atoms with Crippen molar-refractivity contribution >= 4 is 0 Å². The van der Waals surface area contributed by atoms with Gasteiger partial charge in [-0.1, -0.05) is 20.3 Å². The molecule has 2 nitrogen and oxygen atoms in total. The maximum absolute atomic E-state index is 6.15. The van der Waals surface area contributed by atoms with Crippen molar-refractivity contribution in [1.29, 1.82) is 0 Å². The fraction of sp³-hybridized carbons (Fsp3) is 1.00. The predicted octanol–water partition coefficient (Wildman–Crippen LogP) is 2.48. The van der Waals surface area contributed by atoms with Gasteiger partial charge in [0.05, 0.1) is 0 Å². The Morgan fingerprint density at radius 1 is 1.19 bits per heavy atom. The van der Waals surface area contributed by atoms with Gasteiger partial charge in [-0.05, 0) is 50.5 Å². The van der Waals surface area contributed by atoms with E-state index in [0.29, 0.717) is 5.54 Å². The van der Waals surface area contributed by atoms with E-state index in [4.69, 9.17) is 5.73 Å². The molecule has 0 saturated heterocycles. The van der Waals surface area contributed by atoms with Crippen LogP contribution in [0.1, 0.15) is 46.0 Å². The molecule has 2 heteroatoms. The molecule has 2 saturated carbocycles. The van der Waals surface area contributed by atoms with Crippen LogP contribution in [-0.2, 0) is 0 Å². The monoisotopic (exact) mass is 224 g/mol. The topological polar surface area (TPSA) is 29.3 Å². The molecule has 0 bridgehead atoms. The summed E-state index contributed by atoms with van der Waals surface area (Å²) in [4.78, 5) is 2.60. The molecular formula is C14H28N2. The zero-order chi connectivity index (χ0) is 11.8. The van der Waals surface area contributed by atoms with E-state index in [2.05, 4.69) is 25.8 Å². The minimum atomic E-state index is 0.292. The summed E-state index contributed by atoms with van der Waals surface area (Å²) in [5, 5.41) is 0. The molecule has 2 fully saturated rings. The maximum atomic E-state index is 6.15. The summed E-state index contributed by atoms with van der Waals surface area (Å²) < 4.78 is 0. The van der Waals surface area contributed by atoms with Gasteiger partial charge in [0.15, 0.2) is 0 Å². The fourth-order valence-corrected chi connectivity index (χ4v) is 3.55. The Labute approximate surface area is 101 Å². The van der Waals surface area contributed by atoms with Crippen LogP contribution in [0, 0.1) is 17.8 Å². The first-order valence-electron chi connectivity index (χ1n) is 7.00. The number of rotatable bonds is 4. The van der Waals surface area contributed by atoms with Crippen LogP contribution < -0.4 is 5.73 Å². The molecule has 16 heavy (non-hydrogen) atoms. The van der Waals surface area contributed by atoms with E-state index in [1.54, 1.807) is 0 Å². The van der Waals surface area contributed by atoms with Crippen molar-refractivity contribution in [1.82, 2.24) is 4.90 Å². The Kier molecular flexibility index (Phi) is 3.60. The molecule has 2 rings (SSSR count). The van der Waals surface area contributed by atoms with Crippen LogP contribution >= 0.6 is 0 Å². The van der Waals surface area contributed by atoms with Crippen molar-refractivity contribution < 1.29 is 0 Å². The highest BCUT2D eigenvalue weighted by Crippen LogP contribution is 2.41. The quantitative estimate of drug-likeness (QED) is 0.795. The standard InChI is InChI=1S/C14H28N2/c1-11-4-5-12(2)14(8-11,10-15)16(3)9-13-6-7-13/h11-13H,4-10,15H2,1-3H3. The van der Waals surface area contributed by atoms with E-state index >= 15 is 0 Å². The van der Waals surface area contributed by atoms with Crippen molar-refractivity contribution in [3.8, 4) is 0 Å². The molecule has 0 amide bonds. The van der Waals surface area contributed by atoms with Gasteiger partial charge < -0.3 is 5.73 Å². The van der Waals surface area contributed by atoms with Gasteiger partial charge in [0, 0.05) is 18.6 Å². The molecule has 0 aliphatic heterocycles. The summed E-state index contributed by atoms with van der Waals surface area (Å²) in [5.74, 6) is 2.58. The van der Waals surface area contributed by atoms with Crippen LogP contribution in [0.3, 0.4) is 0 Å². The highest BCUT2D eigenvalue weighted by molar-refractivity contribution is 5.00. The van der Waals surface area contributed by atoms with Gasteiger partial charge in [-0.2, -0.15) is 0 Å².